The van der Waals surface area contributed by atoms with E-state index in [-0.39, 0.29) is 0 Å². The standard InChI is InChI=1S/C11H10N4S2/c1(9-12-4-6-16-9)3-13-11-10-8(2-5-17-10)14-7-15-11/h2,4-7H,1,3H2,(H,13,14,15). The summed E-state index contributed by atoms with van der Waals surface area (Å²) in [6.45, 7) is 0.845. The average molecular weight is 262 g/mol. The molecule has 0 aliphatic rings. The lowest BCUT2D eigenvalue weighted by molar-refractivity contribution is 0.988. The van der Waals surface area contributed by atoms with Crippen LogP contribution in [0.5, 0.6) is 0 Å². The number of nitrogens with one attached hydrogen (secondary N) is 1. The summed E-state index contributed by atoms with van der Waals surface area (Å²) >= 11 is 3.34. The number of aromatic nitrogens is 3. The molecule has 17 heavy (non-hydrogen) atoms. The van der Waals surface area contributed by atoms with E-state index in [0.29, 0.717) is 0 Å². The fourth-order valence-corrected chi connectivity index (χ4v) is 3.01. The molecule has 6 heteroatoms. The molecule has 1 N–H and O–H groups in total. The zero-order valence-electron chi connectivity index (χ0n) is 8.96. The quantitative estimate of drug-likeness (QED) is 0.785. The van der Waals surface area contributed by atoms with Crippen LogP contribution >= 0.6 is 22.7 Å². The lowest BCUT2D eigenvalue weighted by Crippen LogP contribution is -2.06. The SMILES string of the molecule is c1csc(CCNc2ncnc3ccsc23)n1. The van der Waals surface area contributed by atoms with Crippen LogP contribution < -0.4 is 5.32 Å². The van der Waals surface area contributed by atoms with E-state index in [0.717, 1.165) is 34.0 Å². The maximum absolute atomic E-state index is 4.27. The van der Waals surface area contributed by atoms with E-state index in [1.807, 2.05) is 23.0 Å². The summed E-state index contributed by atoms with van der Waals surface area (Å²) in [5, 5.41) is 8.52. The molecule has 0 aliphatic heterocycles. The fourth-order valence-electron chi connectivity index (χ4n) is 1.58. The lowest BCUT2D eigenvalue weighted by atomic mass is 10.4. The molecular weight excluding hydrogens is 252 g/mol. The Kier molecular flexibility index (Phi) is 2.98. The second-order valence-electron chi connectivity index (χ2n) is 3.46. The molecule has 0 unspecified atom stereocenters. The van der Waals surface area contributed by atoms with E-state index < -0.39 is 0 Å². The van der Waals surface area contributed by atoms with Crippen LogP contribution in [0.1, 0.15) is 5.01 Å². The number of hydrogen-bond donors (Lipinski definition) is 1. The summed E-state index contributed by atoms with van der Waals surface area (Å²) in [5.74, 6) is 0.918. The van der Waals surface area contributed by atoms with Gasteiger partial charge in [0.1, 0.15) is 12.1 Å². The van der Waals surface area contributed by atoms with E-state index in [9.17, 15) is 0 Å². The fraction of sp³-hybridized carbons (Fsp3) is 0.182. The Morgan fingerprint density at radius 1 is 1.12 bits per heavy atom. The number of anilines is 1. The van der Waals surface area contributed by atoms with Crippen molar-refractivity contribution in [1.29, 1.82) is 0 Å². The molecule has 86 valence electrons. The van der Waals surface area contributed by atoms with Crippen molar-refractivity contribution < 1.29 is 0 Å². The van der Waals surface area contributed by atoms with Crippen LogP contribution in [0, 0.1) is 0 Å². The predicted molar refractivity (Wildman–Crippen MR) is 71.7 cm³/mol. The summed E-state index contributed by atoms with van der Waals surface area (Å²) in [4.78, 5) is 12.7. The van der Waals surface area contributed by atoms with Crippen molar-refractivity contribution in [3.05, 3.63) is 34.4 Å². The van der Waals surface area contributed by atoms with Gasteiger partial charge in [0, 0.05) is 24.5 Å². The molecular formula is C11H10N4S2. The first-order chi connectivity index (χ1) is 8.43. The van der Waals surface area contributed by atoms with Crippen molar-refractivity contribution in [2.45, 2.75) is 6.42 Å². The number of thiophene rings is 1. The van der Waals surface area contributed by atoms with Gasteiger partial charge in [-0.05, 0) is 11.4 Å². The van der Waals surface area contributed by atoms with Gasteiger partial charge in [-0.25, -0.2) is 15.0 Å². The first-order valence-corrected chi connectivity index (χ1v) is 7.00. The molecule has 0 saturated carbocycles. The highest BCUT2D eigenvalue weighted by molar-refractivity contribution is 7.17. The zero-order valence-corrected chi connectivity index (χ0v) is 10.6. The molecule has 0 radical (unpaired) electrons. The summed E-state index contributed by atoms with van der Waals surface area (Å²) in [7, 11) is 0. The smallest absolute Gasteiger partial charge is 0.147 e. The van der Waals surface area contributed by atoms with E-state index in [1.54, 1.807) is 29.0 Å². The summed E-state index contributed by atoms with van der Waals surface area (Å²) in [5.41, 5.74) is 1.00. The molecule has 0 fully saturated rings. The Labute approximate surface area is 106 Å². The first kappa shape index (κ1) is 10.6. The number of nitrogens with zero attached hydrogens (tertiary/aromatic N) is 3. The highest BCUT2D eigenvalue weighted by Gasteiger charge is 2.04. The molecule has 0 spiro atoms. The average Bonchev–Trinajstić information content (AvgIpc) is 2.99. The van der Waals surface area contributed by atoms with E-state index in [4.69, 9.17) is 0 Å². The molecule has 3 rings (SSSR count). The van der Waals surface area contributed by atoms with Gasteiger partial charge < -0.3 is 5.32 Å². The Bertz CT molecular complexity index is 603. The first-order valence-electron chi connectivity index (χ1n) is 5.24. The number of fused-ring (bicyclic) bond motifs is 1. The molecule has 4 nitrogen and oxygen atoms in total. The number of hydrogen-bond acceptors (Lipinski definition) is 6. The van der Waals surface area contributed by atoms with E-state index >= 15 is 0 Å². The minimum absolute atomic E-state index is 0.845. The third-order valence-electron chi connectivity index (χ3n) is 2.36. The molecule has 3 heterocycles. The van der Waals surface area contributed by atoms with Crippen molar-refractivity contribution in [2.75, 3.05) is 11.9 Å². The monoisotopic (exact) mass is 262 g/mol. The Morgan fingerprint density at radius 2 is 2.12 bits per heavy atom. The van der Waals surface area contributed by atoms with Crippen LogP contribution in [0.3, 0.4) is 0 Å². The van der Waals surface area contributed by atoms with Crippen LogP contribution in [0.25, 0.3) is 10.2 Å². The van der Waals surface area contributed by atoms with Crippen molar-refractivity contribution in [1.82, 2.24) is 15.0 Å². The topological polar surface area (TPSA) is 50.7 Å². The second kappa shape index (κ2) is 4.77. The molecule has 0 aromatic carbocycles. The van der Waals surface area contributed by atoms with Crippen LogP contribution in [0.15, 0.2) is 29.4 Å². The minimum atomic E-state index is 0.845. The molecule has 0 amide bonds. The van der Waals surface area contributed by atoms with Crippen LogP contribution in [-0.2, 0) is 6.42 Å². The summed E-state index contributed by atoms with van der Waals surface area (Å²) in [6.07, 6.45) is 4.36. The van der Waals surface area contributed by atoms with Crippen LogP contribution in [0.2, 0.25) is 0 Å². The van der Waals surface area contributed by atoms with Crippen LogP contribution in [0.4, 0.5) is 5.82 Å². The van der Waals surface area contributed by atoms with Gasteiger partial charge in [0.25, 0.3) is 0 Å². The highest BCUT2D eigenvalue weighted by atomic mass is 32.1. The number of thiazole rings is 1. The van der Waals surface area contributed by atoms with Crippen molar-refractivity contribution >= 4 is 38.7 Å². The van der Waals surface area contributed by atoms with E-state index in [1.165, 1.54) is 0 Å². The molecule has 0 saturated heterocycles. The van der Waals surface area contributed by atoms with Gasteiger partial charge >= 0.3 is 0 Å². The van der Waals surface area contributed by atoms with Gasteiger partial charge in [-0.1, -0.05) is 0 Å². The van der Waals surface area contributed by atoms with E-state index in [2.05, 4.69) is 20.3 Å². The summed E-state index contributed by atoms with van der Waals surface area (Å²) < 4.78 is 1.12. The third kappa shape index (κ3) is 2.27. The lowest BCUT2D eigenvalue weighted by Gasteiger charge is -2.04. The van der Waals surface area contributed by atoms with Gasteiger partial charge in [-0.15, -0.1) is 22.7 Å². The van der Waals surface area contributed by atoms with Crippen LogP contribution in [-0.4, -0.2) is 21.5 Å². The summed E-state index contributed by atoms with van der Waals surface area (Å²) in [6, 6.07) is 2.01. The van der Waals surface area contributed by atoms with Crippen molar-refractivity contribution in [3.63, 3.8) is 0 Å². The maximum Gasteiger partial charge on any atom is 0.147 e. The highest BCUT2D eigenvalue weighted by Crippen LogP contribution is 2.24. The van der Waals surface area contributed by atoms with Gasteiger partial charge in [0.05, 0.1) is 15.2 Å². The van der Waals surface area contributed by atoms with Gasteiger partial charge in [-0.2, -0.15) is 0 Å². The van der Waals surface area contributed by atoms with Crippen molar-refractivity contribution in [3.8, 4) is 0 Å². The molecule has 0 atom stereocenters. The molecule has 0 bridgehead atoms. The second-order valence-corrected chi connectivity index (χ2v) is 5.36. The molecule has 3 aromatic heterocycles. The maximum atomic E-state index is 4.27. The van der Waals surface area contributed by atoms with Gasteiger partial charge in [-0.3, -0.25) is 0 Å². The van der Waals surface area contributed by atoms with Gasteiger partial charge in [0.15, 0.2) is 0 Å². The minimum Gasteiger partial charge on any atom is -0.368 e. The molecule has 3 aromatic rings. The Hall–Kier alpha value is -1.53. The Balaban J connectivity index is 1.70. The Morgan fingerprint density at radius 3 is 3.00 bits per heavy atom. The normalized spacial score (nSPS) is 10.8. The van der Waals surface area contributed by atoms with Gasteiger partial charge in [0.2, 0.25) is 0 Å². The largest absolute Gasteiger partial charge is 0.368 e. The predicted octanol–water partition coefficient (Wildman–Crippen LogP) is 2.80. The number of rotatable bonds is 4. The zero-order chi connectivity index (χ0) is 11.5. The molecule has 0 aliphatic carbocycles. The van der Waals surface area contributed by atoms with Crippen molar-refractivity contribution in [2.24, 2.45) is 0 Å². The third-order valence-corrected chi connectivity index (χ3v) is 4.11.